The molecule has 2 unspecified atom stereocenters. The van der Waals surface area contributed by atoms with Crippen LogP contribution in [0.1, 0.15) is 20.3 Å². The average molecular weight is 351 g/mol. The second kappa shape index (κ2) is 8.16. The van der Waals surface area contributed by atoms with Gasteiger partial charge in [-0.15, -0.1) is 11.3 Å². The van der Waals surface area contributed by atoms with Crippen LogP contribution in [0.5, 0.6) is 0 Å². The van der Waals surface area contributed by atoms with Crippen LogP contribution < -0.4 is 0 Å². The minimum absolute atomic E-state index is 0.349. The summed E-state index contributed by atoms with van der Waals surface area (Å²) in [5, 5.41) is 14.0. The third-order valence-electron chi connectivity index (χ3n) is 3.45. The molecule has 0 N–H and O–H groups in total. The van der Waals surface area contributed by atoms with Crippen molar-refractivity contribution in [3.8, 4) is 0 Å². The normalized spacial score (nSPS) is 14.6. The summed E-state index contributed by atoms with van der Waals surface area (Å²) in [5.74, 6) is 0.428. The Labute approximate surface area is 142 Å². The van der Waals surface area contributed by atoms with Crippen molar-refractivity contribution in [1.82, 2.24) is 4.98 Å². The van der Waals surface area contributed by atoms with E-state index in [0.29, 0.717) is 17.7 Å². The second-order valence-corrected chi connectivity index (χ2v) is 7.29. The van der Waals surface area contributed by atoms with Gasteiger partial charge in [-0.1, -0.05) is 36.0 Å². The lowest BCUT2D eigenvalue weighted by atomic mass is 10.0. The van der Waals surface area contributed by atoms with Gasteiger partial charge in [0.2, 0.25) is 6.04 Å². The van der Waals surface area contributed by atoms with Crippen LogP contribution in [0.3, 0.4) is 0 Å². The number of nitro groups is 1. The number of thiazole rings is 1. The molecule has 1 aromatic carbocycles. The Kier molecular flexibility index (Phi) is 6.23. The highest BCUT2D eigenvalue weighted by Crippen LogP contribution is 2.30. The Morgan fingerprint density at radius 1 is 1.52 bits per heavy atom. The Hall–Kier alpha value is -1.80. The van der Waals surface area contributed by atoms with Gasteiger partial charge in [-0.2, -0.15) is 4.91 Å². The lowest BCUT2D eigenvalue weighted by Gasteiger charge is -2.09. The topological polar surface area (TPSA) is 85.5 Å². The van der Waals surface area contributed by atoms with E-state index >= 15 is 0 Å². The Morgan fingerprint density at radius 2 is 2.26 bits per heavy atom. The Bertz CT molecular complexity index is 697. The van der Waals surface area contributed by atoms with E-state index in [1.54, 1.807) is 17.4 Å². The summed E-state index contributed by atoms with van der Waals surface area (Å²) >= 11 is 3.02. The first-order valence-electron chi connectivity index (χ1n) is 7.20. The standard InChI is InChI=1S/C15H17N3O3S2/c1-3-11(10(2)18(20)21)8-12(17-19)9-22-15-16-13-6-4-5-7-14(13)23-15/h4-8,10,12H,3,9H2,1-2H3. The number of aromatic nitrogens is 1. The van der Waals surface area contributed by atoms with Gasteiger partial charge < -0.3 is 0 Å². The number of nitrogens with zero attached hydrogens (tertiary/aromatic N) is 3. The van der Waals surface area contributed by atoms with Gasteiger partial charge in [0.25, 0.3) is 0 Å². The van der Waals surface area contributed by atoms with E-state index in [1.807, 2.05) is 31.2 Å². The zero-order valence-corrected chi connectivity index (χ0v) is 14.5. The summed E-state index contributed by atoms with van der Waals surface area (Å²) in [7, 11) is 0. The third-order valence-corrected chi connectivity index (χ3v) is 5.74. The minimum atomic E-state index is -0.795. The molecule has 1 heterocycles. The van der Waals surface area contributed by atoms with Crippen molar-refractivity contribution in [1.29, 1.82) is 0 Å². The number of rotatable bonds is 8. The molecule has 8 heteroatoms. The molecule has 2 aromatic rings. The summed E-state index contributed by atoms with van der Waals surface area (Å²) in [5.41, 5.74) is 1.56. The maximum Gasteiger partial charge on any atom is 0.231 e. The number of hydrogen-bond donors (Lipinski definition) is 0. The summed E-state index contributed by atoms with van der Waals surface area (Å²) in [6, 6.07) is 6.45. The molecule has 0 radical (unpaired) electrons. The van der Waals surface area contributed by atoms with Gasteiger partial charge in [0.15, 0.2) is 4.34 Å². The van der Waals surface area contributed by atoms with Crippen molar-refractivity contribution in [2.45, 2.75) is 36.7 Å². The van der Waals surface area contributed by atoms with E-state index in [4.69, 9.17) is 0 Å². The second-order valence-electron chi connectivity index (χ2n) is 4.99. The number of para-hydroxylation sites is 1. The van der Waals surface area contributed by atoms with Gasteiger partial charge in [0.05, 0.1) is 10.2 Å². The molecule has 0 fully saturated rings. The molecule has 2 atom stereocenters. The van der Waals surface area contributed by atoms with Crippen LogP contribution in [-0.4, -0.2) is 27.7 Å². The van der Waals surface area contributed by atoms with E-state index < -0.39 is 12.1 Å². The first-order valence-corrected chi connectivity index (χ1v) is 9.00. The van der Waals surface area contributed by atoms with Crippen LogP contribution in [0.25, 0.3) is 10.2 Å². The molecule has 0 saturated heterocycles. The third kappa shape index (κ3) is 4.59. The van der Waals surface area contributed by atoms with E-state index in [9.17, 15) is 15.0 Å². The predicted octanol–water partition coefficient (Wildman–Crippen LogP) is 4.53. The molecular weight excluding hydrogens is 334 g/mol. The van der Waals surface area contributed by atoms with Crippen molar-refractivity contribution in [2.75, 3.05) is 5.75 Å². The first kappa shape index (κ1) is 17.6. The lowest BCUT2D eigenvalue weighted by molar-refractivity contribution is -0.508. The fraction of sp³-hybridized carbons (Fsp3) is 0.400. The highest BCUT2D eigenvalue weighted by atomic mass is 32.2. The molecule has 0 aliphatic heterocycles. The van der Waals surface area contributed by atoms with Gasteiger partial charge in [-0.3, -0.25) is 10.1 Å². The number of thioether (sulfide) groups is 1. The number of fused-ring (bicyclic) bond motifs is 1. The molecule has 0 saturated carbocycles. The maximum absolute atomic E-state index is 11.0. The summed E-state index contributed by atoms with van der Waals surface area (Å²) in [6.07, 6.45) is 2.15. The predicted molar refractivity (Wildman–Crippen MR) is 94.8 cm³/mol. The van der Waals surface area contributed by atoms with Gasteiger partial charge in [0, 0.05) is 23.2 Å². The SMILES string of the molecule is CCC(=CC(CSc1nc2ccccc2s1)N=O)C(C)[N+](=O)[O-]. The van der Waals surface area contributed by atoms with Gasteiger partial charge >= 0.3 is 0 Å². The average Bonchev–Trinajstić information content (AvgIpc) is 2.97. The van der Waals surface area contributed by atoms with E-state index in [0.717, 1.165) is 14.6 Å². The number of hydrogen-bond acceptors (Lipinski definition) is 7. The number of nitroso groups, excluding NO2 is 1. The molecule has 23 heavy (non-hydrogen) atoms. The monoisotopic (exact) mass is 351 g/mol. The van der Waals surface area contributed by atoms with Gasteiger partial charge in [0.1, 0.15) is 6.04 Å². The molecular formula is C15H17N3O3S2. The fourth-order valence-electron chi connectivity index (χ4n) is 2.11. The van der Waals surface area contributed by atoms with Crippen molar-refractivity contribution < 1.29 is 4.92 Å². The molecule has 1 aromatic heterocycles. The zero-order chi connectivity index (χ0) is 16.8. The van der Waals surface area contributed by atoms with E-state index in [-0.39, 0.29) is 4.92 Å². The number of benzene rings is 1. The molecule has 122 valence electrons. The largest absolute Gasteiger partial charge is 0.264 e. The molecule has 0 amide bonds. The van der Waals surface area contributed by atoms with Crippen LogP contribution >= 0.6 is 23.1 Å². The fourth-order valence-corrected chi connectivity index (χ4v) is 4.15. The van der Waals surface area contributed by atoms with Crippen LogP contribution in [-0.2, 0) is 0 Å². The molecule has 0 spiro atoms. The smallest absolute Gasteiger partial charge is 0.231 e. The van der Waals surface area contributed by atoms with Gasteiger partial charge in [-0.25, -0.2) is 4.98 Å². The molecule has 0 aliphatic carbocycles. The van der Waals surface area contributed by atoms with Crippen LogP contribution in [0.2, 0.25) is 0 Å². The van der Waals surface area contributed by atoms with Crippen molar-refractivity contribution in [3.63, 3.8) is 0 Å². The first-order chi connectivity index (χ1) is 11.0. The van der Waals surface area contributed by atoms with Crippen LogP contribution in [0.15, 0.2) is 45.4 Å². The van der Waals surface area contributed by atoms with Crippen LogP contribution in [0.4, 0.5) is 0 Å². The Balaban J connectivity index is 2.06. The van der Waals surface area contributed by atoms with Crippen molar-refractivity contribution in [3.05, 3.63) is 50.9 Å². The summed E-state index contributed by atoms with van der Waals surface area (Å²) in [6.45, 7) is 3.37. The van der Waals surface area contributed by atoms with Crippen molar-refractivity contribution >= 4 is 33.3 Å². The highest BCUT2D eigenvalue weighted by Gasteiger charge is 2.20. The van der Waals surface area contributed by atoms with Gasteiger partial charge in [-0.05, 0) is 24.6 Å². The molecule has 6 nitrogen and oxygen atoms in total. The molecule has 0 aliphatic rings. The van der Waals surface area contributed by atoms with Crippen molar-refractivity contribution in [2.24, 2.45) is 5.18 Å². The molecule has 0 bridgehead atoms. The lowest BCUT2D eigenvalue weighted by Crippen LogP contribution is -2.19. The maximum atomic E-state index is 11.0. The minimum Gasteiger partial charge on any atom is -0.264 e. The van der Waals surface area contributed by atoms with E-state index in [2.05, 4.69) is 10.2 Å². The quantitative estimate of drug-likeness (QED) is 0.229. The van der Waals surface area contributed by atoms with Crippen LogP contribution in [0, 0.1) is 15.0 Å². The summed E-state index contributed by atoms with van der Waals surface area (Å²) < 4.78 is 1.96. The molecule has 2 rings (SSSR count). The zero-order valence-electron chi connectivity index (χ0n) is 12.8. The highest BCUT2D eigenvalue weighted by molar-refractivity contribution is 8.01. The Morgan fingerprint density at radius 3 is 2.87 bits per heavy atom. The van der Waals surface area contributed by atoms with E-state index in [1.165, 1.54) is 18.7 Å². The summed E-state index contributed by atoms with van der Waals surface area (Å²) in [4.78, 5) is 26.1.